The van der Waals surface area contributed by atoms with Crippen LogP contribution >= 0.6 is 35.3 Å². The van der Waals surface area contributed by atoms with Gasteiger partial charge in [-0.2, -0.15) is 5.10 Å². The van der Waals surface area contributed by atoms with E-state index >= 15 is 0 Å². The molecule has 0 amide bonds. The van der Waals surface area contributed by atoms with Gasteiger partial charge in [-0.1, -0.05) is 24.3 Å². The molecule has 0 aliphatic carbocycles. The summed E-state index contributed by atoms with van der Waals surface area (Å²) < 4.78 is 1.94. The molecule has 0 radical (unpaired) electrons. The van der Waals surface area contributed by atoms with Crippen LogP contribution in [0.15, 0.2) is 47.7 Å². The molecule has 8 heteroatoms. The molecule has 0 aliphatic rings. The van der Waals surface area contributed by atoms with Gasteiger partial charge in [-0.05, 0) is 31.0 Å². The van der Waals surface area contributed by atoms with E-state index in [4.69, 9.17) is 0 Å². The third-order valence-electron chi connectivity index (χ3n) is 4.32. The van der Waals surface area contributed by atoms with Crippen molar-refractivity contribution in [2.75, 3.05) is 13.6 Å². The Morgan fingerprint density at radius 3 is 2.57 bits per heavy atom. The zero-order chi connectivity index (χ0) is 19.1. The Morgan fingerprint density at radius 1 is 1.14 bits per heavy atom. The Bertz CT molecular complexity index is 888. The Labute approximate surface area is 187 Å². The van der Waals surface area contributed by atoms with Crippen LogP contribution in [0.25, 0.3) is 0 Å². The first-order chi connectivity index (χ1) is 13.2. The molecule has 0 spiro atoms. The first kappa shape index (κ1) is 22.4. The van der Waals surface area contributed by atoms with Crippen LogP contribution in [0.5, 0.6) is 0 Å². The van der Waals surface area contributed by atoms with Crippen molar-refractivity contribution >= 4 is 41.3 Å². The van der Waals surface area contributed by atoms with Crippen LogP contribution in [0, 0.1) is 13.8 Å². The van der Waals surface area contributed by atoms with Gasteiger partial charge in [-0.25, -0.2) is 4.98 Å². The monoisotopic (exact) mass is 510 g/mol. The fourth-order valence-corrected chi connectivity index (χ4v) is 3.89. The van der Waals surface area contributed by atoms with Gasteiger partial charge < -0.3 is 10.6 Å². The summed E-state index contributed by atoms with van der Waals surface area (Å²) in [5.41, 5.74) is 3.62. The van der Waals surface area contributed by atoms with Crippen molar-refractivity contribution in [2.24, 2.45) is 4.99 Å². The first-order valence-corrected chi connectivity index (χ1v) is 9.89. The molecular formula is C20H27IN6S. The molecule has 2 aromatic heterocycles. The number of benzene rings is 1. The number of halogens is 1. The Balaban J connectivity index is 0.00000280. The maximum Gasteiger partial charge on any atom is 0.191 e. The van der Waals surface area contributed by atoms with Gasteiger partial charge in [-0.3, -0.25) is 9.67 Å². The molecule has 3 aromatic rings. The summed E-state index contributed by atoms with van der Waals surface area (Å²) in [6.07, 6.45) is 4.74. The molecule has 0 aliphatic heterocycles. The number of aliphatic imine (C=N–C) groups is 1. The zero-order valence-electron chi connectivity index (χ0n) is 16.5. The summed E-state index contributed by atoms with van der Waals surface area (Å²) in [5.74, 6) is 0.808. The quantitative estimate of drug-likeness (QED) is 0.290. The van der Waals surface area contributed by atoms with Gasteiger partial charge in [0.2, 0.25) is 0 Å². The van der Waals surface area contributed by atoms with Crippen LogP contribution in [-0.4, -0.2) is 34.3 Å². The van der Waals surface area contributed by atoms with Gasteiger partial charge in [0.05, 0.1) is 17.2 Å². The van der Waals surface area contributed by atoms with Crippen LogP contribution in [-0.2, 0) is 19.5 Å². The lowest BCUT2D eigenvalue weighted by molar-refractivity contribution is 0.677. The van der Waals surface area contributed by atoms with Crippen molar-refractivity contribution < 1.29 is 0 Å². The lowest BCUT2D eigenvalue weighted by Gasteiger charge is -2.14. The molecular weight excluding hydrogens is 483 g/mol. The summed E-state index contributed by atoms with van der Waals surface area (Å²) in [4.78, 5) is 10.1. The van der Waals surface area contributed by atoms with Gasteiger partial charge in [0.15, 0.2) is 5.96 Å². The van der Waals surface area contributed by atoms with Crippen molar-refractivity contribution in [3.05, 3.63) is 69.4 Å². The molecule has 0 fully saturated rings. The third kappa shape index (κ3) is 6.30. The highest BCUT2D eigenvalue weighted by Crippen LogP contribution is 2.17. The number of rotatable bonds is 7. The topological polar surface area (TPSA) is 67.1 Å². The van der Waals surface area contributed by atoms with E-state index < -0.39 is 0 Å². The second-order valence-electron chi connectivity index (χ2n) is 6.32. The average molecular weight is 510 g/mol. The average Bonchev–Trinajstić information content (AvgIpc) is 3.28. The van der Waals surface area contributed by atoms with E-state index in [1.807, 2.05) is 16.9 Å². The Hall–Kier alpha value is -1.94. The lowest BCUT2D eigenvalue weighted by atomic mass is 10.1. The molecule has 0 saturated carbocycles. The standard InChI is InChI=1S/C20H26N6S.HI/c1-15-19(27-16(2)25-15)9-11-22-20(21-3)23-13-17-7-4-5-8-18(17)14-26-12-6-10-24-26;/h4-8,10,12H,9,11,13-14H2,1-3H3,(H2,21,22,23);1H. The lowest BCUT2D eigenvalue weighted by Crippen LogP contribution is -2.38. The molecule has 0 unspecified atom stereocenters. The minimum absolute atomic E-state index is 0. The maximum absolute atomic E-state index is 4.48. The molecule has 0 saturated heterocycles. The van der Waals surface area contributed by atoms with Crippen molar-refractivity contribution in [3.63, 3.8) is 0 Å². The number of aryl methyl sites for hydroxylation is 2. The van der Waals surface area contributed by atoms with E-state index in [9.17, 15) is 0 Å². The Kier molecular flexibility index (Phi) is 8.91. The number of nitrogens with zero attached hydrogens (tertiary/aromatic N) is 4. The van der Waals surface area contributed by atoms with E-state index in [0.717, 1.165) is 42.7 Å². The predicted octanol–water partition coefficient (Wildman–Crippen LogP) is 3.53. The van der Waals surface area contributed by atoms with E-state index in [1.54, 1.807) is 24.6 Å². The van der Waals surface area contributed by atoms with Gasteiger partial charge >= 0.3 is 0 Å². The third-order valence-corrected chi connectivity index (χ3v) is 5.46. The minimum Gasteiger partial charge on any atom is -0.356 e. The summed E-state index contributed by atoms with van der Waals surface area (Å²) in [7, 11) is 1.80. The first-order valence-electron chi connectivity index (χ1n) is 9.07. The fraction of sp³-hybridized carbons (Fsp3) is 0.350. The second kappa shape index (κ2) is 11.2. The van der Waals surface area contributed by atoms with Crippen LogP contribution < -0.4 is 10.6 Å². The minimum atomic E-state index is 0. The van der Waals surface area contributed by atoms with Crippen LogP contribution in [0.2, 0.25) is 0 Å². The van der Waals surface area contributed by atoms with Crippen LogP contribution in [0.3, 0.4) is 0 Å². The molecule has 2 N–H and O–H groups in total. The second-order valence-corrected chi connectivity index (χ2v) is 7.60. The van der Waals surface area contributed by atoms with E-state index in [-0.39, 0.29) is 24.0 Å². The van der Waals surface area contributed by atoms with Crippen molar-refractivity contribution in [3.8, 4) is 0 Å². The van der Waals surface area contributed by atoms with E-state index in [0.29, 0.717) is 0 Å². The van der Waals surface area contributed by atoms with Crippen molar-refractivity contribution in [1.29, 1.82) is 0 Å². The highest BCUT2D eigenvalue weighted by atomic mass is 127. The summed E-state index contributed by atoms with van der Waals surface area (Å²) >= 11 is 1.77. The largest absolute Gasteiger partial charge is 0.356 e. The number of hydrogen-bond acceptors (Lipinski definition) is 4. The Morgan fingerprint density at radius 2 is 1.93 bits per heavy atom. The predicted molar refractivity (Wildman–Crippen MR) is 127 cm³/mol. The number of aromatic nitrogens is 3. The van der Waals surface area contributed by atoms with Crippen LogP contribution in [0.4, 0.5) is 0 Å². The zero-order valence-corrected chi connectivity index (χ0v) is 19.6. The molecule has 150 valence electrons. The van der Waals surface area contributed by atoms with Crippen molar-refractivity contribution in [1.82, 2.24) is 25.4 Å². The SMILES string of the molecule is CN=C(NCCc1sc(C)nc1C)NCc1ccccc1Cn1cccn1.I. The van der Waals surface area contributed by atoms with Gasteiger partial charge in [0.25, 0.3) is 0 Å². The maximum atomic E-state index is 4.48. The number of nitrogens with one attached hydrogen (secondary N) is 2. The number of hydrogen-bond donors (Lipinski definition) is 2. The molecule has 3 rings (SSSR count). The van der Waals surface area contributed by atoms with Gasteiger partial charge in [0.1, 0.15) is 0 Å². The molecule has 2 heterocycles. The van der Waals surface area contributed by atoms with Gasteiger partial charge in [0, 0.05) is 43.8 Å². The number of thiazole rings is 1. The molecule has 0 bridgehead atoms. The summed E-state index contributed by atoms with van der Waals surface area (Å²) in [6.45, 7) is 6.44. The number of guanidine groups is 1. The van der Waals surface area contributed by atoms with Gasteiger partial charge in [-0.15, -0.1) is 35.3 Å². The van der Waals surface area contributed by atoms with E-state index in [2.05, 4.69) is 63.8 Å². The molecule has 1 aromatic carbocycles. The smallest absolute Gasteiger partial charge is 0.191 e. The normalized spacial score (nSPS) is 11.2. The van der Waals surface area contributed by atoms with Crippen LogP contribution in [0.1, 0.15) is 26.7 Å². The summed E-state index contributed by atoms with van der Waals surface area (Å²) in [6, 6.07) is 10.4. The highest BCUT2D eigenvalue weighted by molar-refractivity contribution is 14.0. The fourth-order valence-electron chi connectivity index (χ4n) is 2.95. The molecule has 28 heavy (non-hydrogen) atoms. The summed E-state index contributed by atoms with van der Waals surface area (Å²) in [5, 5.41) is 12.2. The molecule has 0 atom stereocenters. The van der Waals surface area contributed by atoms with Crippen molar-refractivity contribution in [2.45, 2.75) is 33.4 Å². The molecule has 6 nitrogen and oxygen atoms in total. The highest BCUT2D eigenvalue weighted by Gasteiger charge is 2.07. The van der Waals surface area contributed by atoms with E-state index in [1.165, 1.54) is 16.0 Å².